The van der Waals surface area contributed by atoms with Crippen LogP contribution >= 0.6 is 0 Å². The van der Waals surface area contributed by atoms with E-state index in [4.69, 9.17) is 0 Å². The Morgan fingerprint density at radius 2 is 2.27 bits per heavy atom. The summed E-state index contributed by atoms with van der Waals surface area (Å²) >= 11 is 0. The molecule has 0 saturated heterocycles. The van der Waals surface area contributed by atoms with Crippen LogP contribution in [0, 0.1) is 0 Å². The Morgan fingerprint density at radius 1 is 1.45 bits per heavy atom. The Labute approximate surface area is 67.5 Å². The van der Waals surface area contributed by atoms with E-state index in [1.165, 1.54) is 29.0 Å². The topological polar surface area (TPSA) is 12.0 Å². The Morgan fingerprint density at radius 3 is 3.09 bits per heavy atom. The second kappa shape index (κ2) is 2.26. The van der Waals surface area contributed by atoms with Crippen molar-refractivity contribution in [1.82, 2.24) is 5.32 Å². The predicted molar refractivity (Wildman–Crippen MR) is 46.9 cm³/mol. The molecular weight excluding hydrogens is 134 g/mol. The van der Waals surface area contributed by atoms with E-state index in [0.717, 1.165) is 12.8 Å². The summed E-state index contributed by atoms with van der Waals surface area (Å²) in [4.78, 5) is 0. The third kappa shape index (κ3) is 1.01. The highest BCUT2D eigenvalue weighted by molar-refractivity contribution is 5.43. The summed E-state index contributed by atoms with van der Waals surface area (Å²) in [5.74, 6) is 0. The Kier molecular flexibility index (Phi) is 1.38. The summed E-state index contributed by atoms with van der Waals surface area (Å²) in [6.07, 6.45) is 5.64. The SMILES string of the molecule is C=C1CCC2=C1CC=C(C)N2. The Bertz CT molecular complexity index is 269. The highest BCUT2D eigenvalue weighted by Gasteiger charge is 2.19. The Balaban J connectivity index is 2.27. The lowest BCUT2D eigenvalue weighted by Gasteiger charge is -2.15. The molecule has 1 heterocycles. The molecule has 2 aliphatic rings. The fraction of sp³-hybridized carbons (Fsp3) is 0.400. The molecule has 0 atom stereocenters. The van der Waals surface area contributed by atoms with E-state index in [1.807, 2.05) is 0 Å². The first-order valence-electron chi connectivity index (χ1n) is 4.11. The normalized spacial score (nSPS) is 23.0. The van der Waals surface area contributed by atoms with E-state index in [1.54, 1.807) is 0 Å². The van der Waals surface area contributed by atoms with Crippen LogP contribution in [0.2, 0.25) is 0 Å². The molecule has 0 radical (unpaired) electrons. The van der Waals surface area contributed by atoms with Gasteiger partial charge in [-0.25, -0.2) is 0 Å². The molecule has 0 aromatic heterocycles. The van der Waals surface area contributed by atoms with Gasteiger partial charge in [-0.2, -0.15) is 0 Å². The molecule has 1 heteroatoms. The second-order valence-corrected chi connectivity index (χ2v) is 3.28. The van der Waals surface area contributed by atoms with Crippen molar-refractivity contribution in [3.63, 3.8) is 0 Å². The van der Waals surface area contributed by atoms with Gasteiger partial charge in [0.2, 0.25) is 0 Å². The van der Waals surface area contributed by atoms with Crippen LogP contribution in [0.1, 0.15) is 26.2 Å². The average Bonchev–Trinajstić information content (AvgIpc) is 2.32. The van der Waals surface area contributed by atoms with E-state index in [0.29, 0.717) is 0 Å². The number of dihydropyridines is 1. The van der Waals surface area contributed by atoms with E-state index in [9.17, 15) is 0 Å². The third-order valence-electron chi connectivity index (χ3n) is 2.43. The molecule has 0 aromatic carbocycles. The Hall–Kier alpha value is -0.980. The first-order valence-corrected chi connectivity index (χ1v) is 4.11. The fourth-order valence-electron chi connectivity index (χ4n) is 1.74. The molecule has 0 spiro atoms. The van der Waals surface area contributed by atoms with Gasteiger partial charge in [0.25, 0.3) is 0 Å². The molecule has 2 rings (SSSR count). The summed E-state index contributed by atoms with van der Waals surface area (Å²) in [6.45, 7) is 6.15. The second-order valence-electron chi connectivity index (χ2n) is 3.28. The van der Waals surface area contributed by atoms with Crippen LogP contribution < -0.4 is 5.32 Å². The lowest BCUT2D eigenvalue weighted by molar-refractivity contribution is 0.852. The summed E-state index contributed by atoms with van der Waals surface area (Å²) in [6, 6.07) is 0. The third-order valence-corrected chi connectivity index (χ3v) is 2.43. The standard InChI is InChI=1S/C10H13N/c1-7-3-6-10-9(7)5-4-8(2)11-10/h4,11H,1,3,5-6H2,2H3. The highest BCUT2D eigenvalue weighted by Crippen LogP contribution is 2.33. The summed E-state index contributed by atoms with van der Waals surface area (Å²) in [5.41, 5.74) is 5.49. The molecule has 1 aliphatic carbocycles. The van der Waals surface area contributed by atoms with Crippen molar-refractivity contribution in [2.45, 2.75) is 26.2 Å². The molecule has 0 bridgehead atoms. The monoisotopic (exact) mass is 147 g/mol. The van der Waals surface area contributed by atoms with Gasteiger partial charge < -0.3 is 5.32 Å². The molecule has 1 aliphatic heterocycles. The maximum absolute atomic E-state index is 4.04. The minimum Gasteiger partial charge on any atom is -0.363 e. The van der Waals surface area contributed by atoms with Gasteiger partial charge in [-0.1, -0.05) is 12.7 Å². The lowest BCUT2D eigenvalue weighted by Crippen LogP contribution is -2.13. The van der Waals surface area contributed by atoms with Crippen LogP contribution in [0.15, 0.2) is 35.2 Å². The van der Waals surface area contributed by atoms with Gasteiger partial charge in [-0.05, 0) is 37.3 Å². The van der Waals surface area contributed by atoms with Crippen molar-refractivity contribution in [1.29, 1.82) is 0 Å². The van der Waals surface area contributed by atoms with Gasteiger partial charge in [0, 0.05) is 11.4 Å². The van der Waals surface area contributed by atoms with Crippen LogP contribution in [0.5, 0.6) is 0 Å². The van der Waals surface area contributed by atoms with Crippen LogP contribution in [0.25, 0.3) is 0 Å². The van der Waals surface area contributed by atoms with Crippen molar-refractivity contribution < 1.29 is 0 Å². The fourth-order valence-corrected chi connectivity index (χ4v) is 1.74. The molecular formula is C10H13N. The molecule has 11 heavy (non-hydrogen) atoms. The molecule has 0 unspecified atom stereocenters. The van der Waals surface area contributed by atoms with Crippen molar-refractivity contribution >= 4 is 0 Å². The molecule has 1 N–H and O–H groups in total. The van der Waals surface area contributed by atoms with Crippen LogP contribution in [0.3, 0.4) is 0 Å². The van der Waals surface area contributed by atoms with E-state index >= 15 is 0 Å². The zero-order valence-electron chi connectivity index (χ0n) is 6.91. The van der Waals surface area contributed by atoms with E-state index in [-0.39, 0.29) is 0 Å². The van der Waals surface area contributed by atoms with E-state index in [2.05, 4.69) is 24.9 Å². The van der Waals surface area contributed by atoms with Crippen molar-refractivity contribution in [2.75, 3.05) is 0 Å². The van der Waals surface area contributed by atoms with Crippen molar-refractivity contribution in [3.8, 4) is 0 Å². The van der Waals surface area contributed by atoms with Gasteiger partial charge in [-0.3, -0.25) is 0 Å². The smallest absolute Gasteiger partial charge is 0.0190 e. The average molecular weight is 147 g/mol. The zero-order chi connectivity index (χ0) is 7.84. The molecule has 0 fully saturated rings. The molecule has 0 saturated carbocycles. The molecule has 0 amide bonds. The highest BCUT2D eigenvalue weighted by atomic mass is 14.9. The van der Waals surface area contributed by atoms with Gasteiger partial charge >= 0.3 is 0 Å². The van der Waals surface area contributed by atoms with Crippen molar-refractivity contribution in [3.05, 3.63) is 35.2 Å². The van der Waals surface area contributed by atoms with E-state index < -0.39 is 0 Å². The summed E-state index contributed by atoms with van der Waals surface area (Å²) < 4.78 is 0. The molecule has 58 valence electrons. The van der Waals surface area contributed by atoms with Crippen LogP contribution in [-0.2, 0) is 0 Å². The number of hydrogen-bond donors (Lipinski definition) is 1. The number of nitrogens with one attached hydrogen (secondary N) is 1. The number of hydrogen-bond acceptors (Lipinski definition) is 1. The quantitative estimate of drug-likeness (QED) is 0.555. The maximum atomic E-state index is 4.04. The van der Waals surface area contributed by atoms with Crippen molar-refractivity contribution in [2.24, 2.45) is 0 Å². The molecule has 1 nitrogen and oxygen atoms in total. The van der Waals surface area contributed by atoms with Gasteiger partial charge in [-0.15, -0.1) is 0 Å². The zero-order valence-corrected chi connectivity index (χ0v) is 6.91. The summed E-state index contributed by atoms with van der Waals surface area (Å²) in [7, 11) is 0. The maximum Gasteiger partial charge on any atom is 0.0190 e. The van der Waals surface area contributed by atoms with Crippen LogP contribution in [-0.4, -0.2) is 0 Å². The van der Waals surface area contributed by atoms with Crippen LogP contribution in [0.4, 0.5) is 0 Å². The largest absolute Gasteiger partial charge is 0.363 e. The lowest BCUT2D eigenvalue weighted by atomic mass is 10.0. The van der Waals surface area contributed by atoms with Gasteiger partial charge in [0.05, 0.1) is 0 Å². The minimum atomic E-state index is 1.09. The first-order chi connectivity index (χ1) is 5.27. The number of rotatable bonds is 0. The molecule has 0 aromatic rings. The summed E-state index contributed by atoms with van der Waals surface area (Å²) in [5, 5.41) is 3.39. The van der Waals surface area contributed by atoms with Gasteiger partial charge in [0.15, 0.2) is 0 Å². The first kappa shape index (κ1) is 6.71. The van der Waals surface area contributed by atoms with Gasteiger partial charge in [0.1, 0.15) is 0 Å². The number of allylic oxidation sites excluding steroid dienone is 5. The minimum absolute atomic E-state index is 1.09. The predicted octanol–water partition coefficient (Wildman–Crippen LogP) is 2.49.